The smallest absolute Gasteiger partial charge is 0.146 e. The maximum absolute atomic E-state index is 11.9. The highest BCUT2D eigenvalue weighted by Gasteiger charge is 2.08. The summed E-state index contributed by atoms with van der Waals surface area (Å²) >= 11 is 1.51. The van der Waals surface area contributed by atoms with Crippen molar-refractivity contribution < 1.29 is 4.21 Å². The molecule has 2 aromatic rings. The molecule has 1 unspecified atom stereocenters. The molecule has 0 saturated heterocycles. The standard InChI is InChI=1S/C11H13N3OS2/c1-2-3-4-17(15)11-6-12-5-9(14-11)10-7-16-8-13-10/h5-8H,2-4H2,1H3. The molecule has 0 fully saturated rings. The van der Waals surface area contributed by atoms with Crippen LogP contribution < -0.4 is 0 Å². The molecule has 2 heterocycles. The minimum atomic E-state index is -1.05. The van der Waals surface area contributed by atoms with E-state index >= 15 is 0 Å². The van der Waals surface area contributed by atoms with Gasteiger partial charge in [-0.2, -0.15) is 0 Å². The van der Waals surface area contributed by atoms with E-state index in [9.17, 15) is 4.21 Å². The maximum atomic E-state index is 11.9. The van der Waals surface area contributed by atoms with Crippen LogP contribution in [0.2, 0.25) is 0 Å². The Morgan fingerprint density at radius 2 is 2.24 bits per heavy atom. The molecule has 0 N–H and O–H groups in total. The summed E-state index contributed by atoms with van der Waals surface area (Å²) in [6.45, 7) is 2.08. The summed E-state index contributed by atoms with van der Waals surface area (Å²) in [6.07, 6.45) is 5.19. The summed E-state index contributed by atoms with van der Waals surface area (Å²) in [5, 5.41) is 2.45. The minimum Gasteiger partial charge on any atom is -0.259 e. The van der Waals surface area contributed by atoms with Crippen molar-refractivity contribution in [3.8, 4) is 11.4 Å². The average molecular weight is 267 g/mol. The molecule has 1 atom stereocenters. The van der Waals surface area contributed by atoms with E-state index in [1.54, 1.807) is 17.9 Å². The van der Waals surface area contributed by atoms with Crippen molar-refractivity contribution >= 4 is 22.1 Å². The van der Waals surface area contributed by atoms with Gasteiger partial charge in [0.05, 0.1) is 28.7 Å². The van der Waals surface area contributed by atoms with Crippen LogP contribution in [0.15, 0.2) is 28.3 Å². The molecule has 17 heavy (non-hydrogen) atoms. The maximum Gasteiger partial charge on any atom is 0.146 e. The Kier molecular flexibility index (Phi) is 4.33. The summed E-state index contributed by atoms with van der Waals surface area (Å²) in [5.41, 5.74) is 3.23. The zero-order valence-electron chi connectivity index (χ0n) is 9.50. The van der Waals surface area contributed by atoms with Crippen LogP contribution in [0.25, 0.3) is 11.4 Å². The predicted molar refractivity (Wildman–Crippen MR) is 69.3 cm³/mol. The molecule has 0 aromatic carbocycles. The number of thiazole rings is 1. The van der Waals surface area contributed by atoms with Crippen molar-refractivity contribution in [3.05, 3.63) is 23.3 Å². The molecule has 6 heteroatoms. The van der Waals surface area contributed by atoms with E-state index in [4.69, 9.17) is 0 Å². The van der Waals surface area contributed by atoms with Gasteiger partial charge in [-0.05, 0) is 6.42 Å². The molecule has 90 valence electrons. The number of aromatic nitrogens is 3. The largest absolute Gasteiger partial charge is 0.259 e. The first kappa shape index (κ1) is 12.3. The van der Waals surface area contributed by atoms with E-state index in [0.29, 0.717) is 16.5 Å². The van der Waals surface area contributed by atoms with Crippen molar-refractivity contribution in [2.75, 3.05) is 5.75 Å². The Balaban J connectivity index is 2.20. The summed E-state index contributed by atoms with van der Waals surface area (Å²) in [5.74, 6) is 0.645. The number of hydrogen-bond acceptors (Lipinski definition) is 5. The van der Waals surface area contributed by atoms with Crippen molar-refractivity contribution in [1.29, 1.82) is 0 Å². The molecule has 0 aliphatic heterocycles. The Bertz CT molecular complexity index is 499. The summed E-state index contributed by atoms with van der Waals surface area (Å²) in [6, 6.07) is 0. The number of hydrogen-bond donors (Lipinski definition) is 0. The molecular weight excluding hydrogens is 254 g/mol. The highest BCUT2D eigenvalue weighted by molar-refractivity contribution is 7.84. The third kappa shape index (κ3) is 3.17. The molecule has 2 aromatic heterocycles. The van der Waals surface area contributed by atoms with Crippen LogP contribution in [0.3, 0.4) is 0 Å². The Morgan fingerprint density at radius 3 is 2.94 bits per heavy atom. The fraction of sp³-hybridized carbons (Fsp3) is 0.364. The van der Waals surface area contributed by atoms with Gasteiger partial charge in [0.25, 0.3) is 0 Å². The van der Waals surface area contributed by atoms with Crippen LogP contribution >= 0.6 is 11.3 Å². The van der Waals surface area contributed by atoms with Crippen LogP contribution in [0.5, 0.6) is 0 Å². The van der Waals surface area contributed by atoms with Crippen LogP contribution in [-0.4, -0.2) is 24.9 Å². The van der Waals surface area contributed by atoms with Crippen LogP contribution in [0, 0.1) is 0 Å². The molecule has 2 rings (SSSR count). The van der Waals surface area contributed by atoms with Crippen molar-refractivity contribution in [2.45, 2.75) is 24.8 Å². The Morgan fingerprint density at radius 1 is 1.35 bits per heavy atom. The van der Waals surface area contributed by atoms with E-state index in [2.05, 4.69) is 21.9 Å². The lowest BCUT2D eigenvalue weighted by atomic mass is 10.4. The van der Waals surface area contributed by atoms with Gasteiger partial charge in [-0.25, -0.2) is 9.97 Å². The van der Waals surface area contributed by atoms with Crippen LogP contribution in [-0.2, 0) is 10.8 Å². The summed E-state index contributed by atoms with van der Waals surface area (Å²) in [4.78, 5) is 12.6. The van der Waals surface area contributed by atoms with Gasteiger partial charge in [-0.15, -0.1) is 11.3 Å². The van der Waals surface area contributed by atoms with Gasteiger partial charge in [0.1, 0.15) is 16.4 Å². The highest BCUT2D eigenvalue weighted by Crippen LogP contribution is 2.16. The van der Waals surface area contributed by atoms with Crippen molar-refractivity contribution in [3.63, 3.8) is 0 Å². The van der Waals surface area contributed by atoms with E-state index in [-0.39, 0.29) is 0 Å². The monoisotopic (exact) mass is 267 g/mol. The van der Waals surface area contributed by atoms with Crippen LogP contribution in [0.4, 0.5) is 0 Å². The SMILES string of the molecule is CCCCS(=O)c1cncc(-c2cscn2)n1. The lowest BCUT2D eigenvalue weighted by molar-refractivity contribution is 0.676. The average Bonchev–Trinajstić information content (AvgIpc) is 2.90. The van der Waals surface area contributed by atoms with E-state index in [1.807, 2.05) is 5.38 Å². The van der Waals surface area contributed by atoms with Crippen LogP contribution in [0.1, 0.15) is 19.8 Å². The quantitative estimate of drug-likeness (QED) is 0.835. The summed E-state index contributed by atoms with van der Waals surface area (Å²) < 4.78 is 11.9. The zero-order chi connectivity index (χ0) is 12.1. The molecule has 0 saturated carbocycles. The predicted octanol–water partition coefficient (Wildman–Crippen LogP) is 2.51. The second-order valence-corrected chi connectivity index (χ2v) is 5.76. The van der Waals surface area contributed by atoms with E-state index < -0.39 is 10.8 Å². The molecule has 0 radical (unpaired) electrons. The number of nitrogens with zero attached hydrogens (tertiary/aromatic N) is 3. The molecule has 0 bridgehead atoms. The lowest BCUT2D eigenvalue weighted by Gasteiger charge is -2.01. The molecule has 0 amide bonds. The zero-order valence-corrected chi connectivity index (χ0v) is 11.1. The normalized spacial score (nSPS) is 12.5. The summed E-state index contributed by atoms with van der Waals surface area (Å²) in [7, 11) is -1.05. The molecule has 0 spiro atoms. The van der Waals surface area contributed by atoms with Gasteiger partial charge >= 0.3 is 0 Å². The van der Waals surface area contributed by atoms with Gasteiger partial charge in [-0.3, -0.25) is 9.19 Å². The van der Waals surface area contributed by atoms with Crippen molar-refractivity contribution in [1.82, 2.24) is 15.0 Å². The van der Waals surface area contributed by atoms with Gasteiger partial charge in [0.15, 0.2) is 0 Å². The van der Waals surface area contributed by atoms with E-state index in [0.717, 1.165) is 18.5 Å². The molecule has 0 aliphatic rings. The highest BCUT2D eigenvalue weighted by atomic mass is 32.2. The lowest BCUT2D eigenvalue weighted by Crippen LogP contribution is -2.02. The van der Waals surface area contributed by atoms with Gasteiger partial charge in [-0.1, -0.05) is 13.3 Å². The third-order valence-electron chi connectivity index (χ3n) is 2.22. The van der Waals surface area contributed by atoms with Crippen molar-refractivity contribution in [2.24, 2.45) is 0 Å². The third-order valence-corrected chi connectivity index (χ3v) is 4.13. The van der Waals surface area contributed by atoms with Gasteiger partial charge in [0, 0.05) is 11.1 Å². The van der Waals surface area contributed by atoms with E-state index in [1.165, 1.54) is 11.3 Å². The molecule has 4 nitrogen and oxygen atoms in total. The topological polar surface area (TPSA) is 55.7 Å². The molecular formula is C11H13N3OS2. The minimum absolute atomic E-state index is 0.545. The Hall–Kier alpha value is -1.14. The van der Waals surface area contributed by atoms with Gasteiger partial charge < -0.3 is 0 Å². The number of unbranched alkanes of at least 4 members (excludes halogenated alkanes) is 1. The fourth-order valence-electron chi connectivity index (χ4n) is 1.30. The second-order valence-electron chi connectivity index (χ2n) is 3.52. The Labute approximate surface area is 107 Å². The second kappa shape index (κ2) is 5.97. The van der Waals surface area contributed by atoms with Gasteiger partial charge in [0.2, 0.25) is 0 Å². The number of rotatable bonds is 5. The molecule has 0 aliphatic carbocycles. The first-order valence-corrected chi connectivity index (χ1v) is 7.66. The first-order chi connectivity index (χ1) is 8.31. The fourth-order valence-corrected chi connectivity index (χ4v) is 2.98. The first-order valence-electron chi connectivity index (χ1n) is 5.40.